The van der Waals surface area contributed by atoms with Crippen LogP contribution in [0.1, 0.15) is 17.4 Å². The summed E-state index contributed by atoms with van der Waals surface area (Å²) in [6.45, 7) is 2.82. The second-order valence-corrected chi connectivity index (χ2v) is 5.71. The van der Waals surface area contributed by atoms with Gasteiger partial charge in [0.25, 0.3) is 0 Å². The van der Waals surface area contributed by atoms with Crippen LogP contribution in [-0.4, -0.2) is 29.6 Å². The average Bonchev–Trinajstić information content (AvgIpc) is 2.92. The van der Waals surface area contributed by atoms with E-state index >= 15 is 0 Å². The van der Waals surface area contributed by atoms with Crippen molar-refractivity contribution in [2.75, 3.05) is 18.5 Å². The van der Waals surface area contributed by atoms with E-state index < -0.39 is 0 Å². The molecule has 2 heterocycles. The van der Waals surface area contributed by atoms with E-state index in [0.29, 0.717) is 12.6 Å². The van der Waals surface area contributed by atoms with Gasteiger partial charge >= 0.3 is 0 Å². The minimum absolute atomic E-state index is 0.374. The SMILES string of the molecule is CC(Cc1cccs1)N(C)c1ncc(CCN)cn1. The van der Waals surface area contributed by atoms with E-state index in [9.17, 15) is 0 Å². The van der Waals surface area contributed by atoms with Crippen LogP contribution in [0.3, 0.4) is 0 Å². The van der Waals surface area contributed by atoms with Crippen molar-refractivity contribution in [1.82, 2.24) is 9.97 Å². The van der Waals surface area contributed by atoms with Crippen molar-refractivity contribution in [3.8, 4) is 0 Å². The van der Waals surface area contributed by atoms with Crippen molar-refractivity contribution < 1.29 is 0 Å². The Bertz CT molecular complexity index is 481. The molecule has 0 amide bonds. The Kier molecular flexibility index (Phi) is 4.87. The van der Waals surface area contributed by atoms with Crippen LogP contribution in [0.5, 0.6) is 0 Å². The molecule has 2 N–H and O–H groups in total. The minimum Gasteiger partial charge on any atom is -0.341 e. The Labute approximate surface area is 118 Å². The predicted octanol–water partition coefficient (Wildman–Crippen LogP) is 2.11. The highest BCUT2D eigenvalue weighted by molar-refractivity contribution is 7.09. The molecule has 0 bridgehead atoms. The molecule has 4 nitrogen and oxygen atoms in total. The van der Waals surface area contributed by atoms with Crippen molar-refractivity contribution in [2.24, 2.45) is 5.73 Å². The van der Waals surface area contributed by atoms with Gasteiger partial charge in [-0.3, -0.25) is 0 Å². The summed E-state index contributed by atoms with van der Waals surface area (Å²) >= 11 is 1.79. The first-order chi connectivity index (χ1) is 9.20. The minimum atomic E-state index is 0.374. The van der Waals surface area contributed by atoms with E-state index in [1.54, 1.807) is 11.3 Å². The second kappa shape index (κ2) is 6.63. The van der Waals surface area contributed by atoms with Crippen molar-refractivity contribution in [3.63, 3.8) is 0 Å². The van der Waals surface area contributed by atoms with Crippen molar-refractivity contribution >= 4 is 17.3 Å². The number of hydrogen-bond acceptors (Lipinski definition) is 5. The molecule has 0 fully saturated rings. The van der Waals surface area contributed by atoms with Crippen LogP contribution in [-0.2, 0) is 12.8 Å². The molecule has 0 saturated heterocycles. The molecule has 0 aliphatic carbocycles. The van der Waals surface area contributed by atoms with Gasteiger partial charge in [-0.05, 0) is 36.9 Å². The Morgan fingerprint density at radius 2 is 2.11 bits per heavy atom. The normalized spacial score (nSPS) is 12.4. The standard InChI is InChI=1S/C14H20N4S/c1-11(8-13-4-3-7-19-13)18(2)14-16-9-12(5-6-15)10-17-14/h3-4,7,9-11H,5-6,8,15H2,1-2H3. The van der Waals surface area contributed by atoms with Gasteiger partial charge in [0.1, 0.15) is 0 Å². The van der Waals surface area contributed by atoms with Crippen LogP contribution in [0.15, 0.2) is 29.9 Å². The van der Waals surface area contributed by atoms with Gasteiger partial charge in [-0.1, -0.05) is 6.07 Å². The Morgan fingerprint density at radius 1 is 1.37 bits per heavy atom. The van der Waals surface area contributed by atoms with E-state index in [-0.39, 0.29) is 0 Å². The van der Waals surface area contributed by atoms with E-state index in [2.05, 4.69) is 39.3 Å². The van der Waals surface area contributed by atoms with Gasteiger partial charge in [-0.2, -0.15) is 0 Å². The summed E-state index contributed by atoms with van der Waals surface area (Å²) in [5.41, 5.74) is 6.61. The van der Waals surface area contributed by atoms with Crippen LogP contribution in [0.2, 0.25) is 0 Å². The fourth-order valence-corrected chi connectivity index (χ4v) is 2.71. The number of anilines is 1. The largest absolute Gasteiger partial charge is 0.341 e. The third-order valence-corrected chi connectivity index (χ3v) is 4.08. The number of nitrogens with two attached hydrogens (primary N) is 1. The molecule has 0 aliphatic rings. The van der Waals surface area contributed by atoms with Gasteiger partial charge in [0.15, 0.2) is 0 Å². The zero-order valence-corrected chi connectivity index (χ0v) is 12.2. The van der Waals surface area contributed by atoms with Gasteiger partial charge in [0.2, 0.25) is 5.95 Å². The molecule has 2 rings (SSSR count). The van der Waals surface area contributed by atoms with Crippen molar-refractivity contribution in [3.05, 3.63) is 40.3 Å². The van der Waals surface area contributed by atoms with Gasteiger partial charge < -0.3 is 10.6 Å². The number of thiophene rings is 1. The summed E-state index contributed by atoms with van der Waals surface area (Å²) in [5.74, 6) is 0.768. The quantitative estimate of drug-likeness (QED) is 0.878. The number of likely N-dealkylation sites (N-methyl/N-ethyl adjacent to an activating group) is 1. The maximum absolute atomic E-state index is 5.52. The maximum atomic E-state index is 5.52. The average molecular weight is 276 g/mol. The summed E-state index contributed by atoms with van der Waals surface area (Å²) in [6, 6.07) is 4.63. The lowest BCUT2D eigenvalue weighted by molar-refractivity contribution is 0.669. The number of rotatable bonds is 6. The molecule has 0 aliphatic heterocycles. The van der Waals surface area contributed by atoms with Crippen LogP contribution >= 0.6 is 11.3 Å². The summed E-state index contributed by atoms with van der Waals surface area (Å²) < 4.78 is 0. The summed E-state index contributed by atoms with van der Waals surface area (Å²) in [6.07, 6.45) is 5.57. The second-order valence-electron chi connectivity index (χ2n) is 4.67. The van der Waals surface area contributed by atoms with Gasteiger partial charge in [-0.15, -0.1) is 11.3 Å². The molecule has 0 spiro atoms. The molecule has 2 aromatic heterocycles. The maximum Gasteiger partial charge on any atom is 0.225 e. The van der Waals surface area contributed by atoms with Crippen LogP contribution in [0.4, 0.5) is 5.95 Å². The number of nitrogens with zero attached hydrogens (tertiary/aromatic N) is 3. The third kappa shape index (κ3) is 3.75. The lowest BCUT2D eigenvalue weighted by Gasteiger charge is -2.24. The fourth-order valence-electron chi connectivity index (χ4n) is 1.88. The topological polar surface area (TPSA) is 55.0 Å². The predicted molar refractivity (Wildman–Crippen MR) is 80.7 cm³/mol. The lowest BCUT2D eigenvalue weighted by atomic mass is 10.2. The summed E-state index contributed by atoms with van der Waals surface area (Å²) in [4.78, 5) is 12.3. The van der Waals surface area contributed by atoms with Gasteiger partial charge in [0, 0.05) is 36.8 Å². The molecular weight excluding hydrogens is 256 g/mol. The first-order valence-corrected chi connectivity index (χ1v) is 7.35. The molecule has 0 saturated carbocycles. The zero-order valence-electron chi connectivity index (χ0n) is 11.4. The molecule has 2 aromatic rings. The molecule has 0 radical (unpaired) electrons. The summed E-state index contributed by atoms with van der Waals surface area (Å²) in [5, 5.41) is 2.11. The smallest absolute Gasteiger partial charge is 0.225 e. The molecule has 5 heteroatoms. The van der Waals surface area contributed by atoms with Crippen LogP contribution in [0, 0.1) is 0 Å². The number of hydrogen-bond donors (Lipinski definition) is 1. The molecule has 102 valence electrons. The molecule has 1 atom stereocenters. The van der Waals surface area contributed by atoms with Crippen molar-refractivity contribution in [2.45, 2.75) is 25.8 Å². The molecule has 0 aromatic carbocycles. The zero-order chi connectivity index (χ0) is 13.7. The fraction of sp³-hybridized carbons (Fsp3) is 0.429. The van der Waals surface area contributed by atoms with E-state index in [1.165, 1.54) is 4.88 Å². The Morgan fingerprint density at radius 3 is 2.68 bits per heavy atom. The van der Waals surface area contributed by atoms with Gasteiger partial charge in [-0.25, -0.2) is 9.97 Å². The molecule has 1 unspecified atom stereocenters. The summed E-state index contributed by atoms with van der Waals surface area (Å²) in [7, 11) is 2.04. The Hall–Kier alpha value is -1.46. The number of aromatic nitrogens is 2. The molecular formula is C14H20N4S. The molecule has 19 heavy (non-hydrogen) atoms. The first-order valence-electron chi connectivity index (χ1n) is 6.47. The highest BCUT2D eigenvalue weighted by atomic mass is 32.1. The van der Waals surface area contributed by atoms with E-state index in [0.717, 1.165) is 24.4 Å². The van der Waals surface area contributed by atoms with Crippen LogP contribution < -0.4 is 10.6 Å². The highest BCUT2D eigenvalue weighted by Gasteiger charge is 2.13. The monoisotopic (exact) mass is 276 g/mol. The van der Waals surface area contributed by atoms with Gasteiger partial charge in [0.05, 0.1) is 0 Å². The highest BCUT2D eigenvalue weighted by Crippen LogP contribution is 2.16. The van der Waals surface area contributed by atoms with Crippen LogP contribution in [0.25, 0.3) is 0 Å². The first kappa shape index (κ1) is 14.0. The lowest BCUT2D eigenvalue weighted by Crippen LogP contribution is -2.32. The Balaban J connectivity index is 1.99. The van der Waals surface area contributed by atoms with E-state index in [1.807, 2.05) is 19.4 Å². The third-order valence-electron chi connectivity index (χ3n) is 3.18. The van der Waals surface area contributed by atoms with Crippen molar-refractivity contribution in [1.29, 1.82) is 0 Å². The van der Waals surface area contributed by atoms with E-state index in [4.69, 9.17) is 5.73 Å².